The van der Waals surface area contributed by atoms with Crippen LogP contribution in [0.15, 0.2) is 24.3 Å². The first-order valence-electron chi connectivity index (χ1n) is 5.65. The summed E-state index contributed by atoms with van der Waals surface area (Å²) in [6.07, 6.45) is 0.679. The molecule has 0 amide bonds. The molecule has 1 heterocycles. The van der Waals surface area contributed by atoms with Crippen molar-refractivity contribution < 1.29 is 9.90 Å². The number of hydrogen-bond donors (Lipinski definition) is 1. The Labute approximate surface area is 100 Å². The number of pyridine rings is 1. The van der Waals surface area contributed by atoms with Gasteiger partial charge in [0.05, 0.1) is 5.52 Å². The van der Waals surface area contributed by atoms with E-state index in [1.807, 2.05) is 32.0 Å². The summed E-state index contributed by atoms with van der Waals surface area (Å²) in [4.78, 5) is 15.1. The van der Waals surface area contributed by atoms with Gasteiger partial charge in [0.1, 0.15) is 0 Å². The molecule has 1 aromatic heterocycles. The van der Waals surface area contributed by atoms with Gasteiger partial charge < -0.3 is 5.11 Å². The van der Waals surface area contributed by atoms with Gasteiger partial charge in [0, 0.05) is 17.5 Å². The summed E-state index contributed by atoms with van der Waals surface area (Å²) in [5.74, 6) is -0.771. The van der Waals surface area contributed by atoms with Crippen molar-refractivity contribution in [3.8, 4) is 0 Å². The number of nitrogens with zero attached hydrogens (tertiary/aromatic N) is 1. The summed E-state index contributed by atoms with van der Waals surface area (Å²) in [6.45, 7) is 3.96. The number of carbonyl (C=O) groups is 1. The van der Waals surface area contributed by atoms with Crippen LogP contribution in [-0.2, 0) is 11.2 Å². The first kappa shape index (κ1) is 11.6. The zero-order valence-corrected chi connectivity index (χ0v) is 10.0. The highest BCUT2D eigenvalue weighted by Gasteiger charge is 2.06. The highest BCUT2D eigenvalue weighted by Crippen LogP contribution is 2.21. The zero-order valence-electron chi connectivity index (χ0n) is 10.0. The summed E-state index contributed by atoms with van der Waals surface area (Å²) in [5.41, 5.74) is 4.05. The lowest BCUT2D eigenvalue weighted by Gasteiger charge is -2.07. The Morgan fingerprint density at radius 1 is 1.29 bits per heavy atom. The van der Waals surface area contributed by atoms with Crippen LogP contribution in [0.25, 0.3) is 10.9 Å². The quantitative estimate of drug-likeness (QED) is 0.880. The molecule has 3 nitrogen and oxygen atoms in total. The van der Waals surface area contributed by atoms with Crippen LogP contribution in [0.2, 0.25) is 0 Å². The van der Waals surface area contributed by atoms with Crippen LogP contribution >= 0.6 is 0 Å². The van der Waals surface area contributed by atoms with Gasteiger partial charge in [-0.2, -0.15) is 0 Å². The monoisotopic (exact) mass is 229 g/mol. The standard InChI is InChI=1S/C14H15NO2/c1-9-7-11-4-3-10(2)15-14(11)12(8-9)5-6-13(16)17/h3-4,7-8H,5-6H2,1-2H3,(H,16,17). The van der Waals surface area contributed by atoms with E-state index in [0.717, 1.165) is 27.7 Å². The van der Waals surface area contributed by atoms with Gasteiger partial charge in [0.15, 0.2) is 0 Å². The van der Waals surface area contributed by atoms with E-state index in [1.54, 1.807) is 0 Å². The largest absolute Gasteiger partial charge is 0.481 e. The van der Waals surface area contributed by atoms with E-state index in [1.165, 1.54) is 0 Å². The first-order valence-corrected chi connectivity index (χ1v) is 5.65. The third-order valence-corrected chi connectivity index (χ3v) is 2.76. The minimum Gasteiger partial charge on any atom is -0.481 e. The van der Waals surface area contributed by atoms with Crippen molar-refractivity contribution in [3.63, 3.8) is 0 Å². The molecule has 88 valence electrons. The van der Waals surface area contributed by atoms with Gasteiger partial charge in [-0.15, -0.1) is 0 Å². The Bertz CT molecular complexity index is 576. The molecule has 0 unspecified atom stereocenters. The first-order chi connectivity index (χ1) is 8.06. The SMILES string of the molecule is Cc1cc(CCC(=O)O)c2nc(C)ccc2c1. The van der Waals surface area contributed by atoms with E-state index in [2.05, 4.69) is 11.1 Å². The molecule has 0 aliphatic carbocycles. The molecule has 3 heteroatoms. The molecule has 0 fully saturated rings. The fourth-order valence-electron chi connectivity index (χ4n) is 2.00. The summed E-state index contributed by atoms with van der Waals surface area (Å²) in [5, 5.41) is 9.83. The van der Waals surface area contributed by atoms with Gasteiger partial charge in [-0.1, -0.05) is 17.7 Å². The average molecular weight is 229 g/mol. The van der Waals surface area contributed by atoms with Crippen molar-refractivity contribution in [1.82, 2.24) is 4.98 Å². The molecule has 0 saturated carbocycles. The highest BCUT2D eigenvalue weighted by atomic mass is 16.4. The molecule has 0 radical (unpaired) electrons. The van der Waals surface area contributed by atoms with Crippen LogP contribution in [-0.4, -0.2) is 16.1 Å². The number of aromatic nitrogens is 1. The molecular formula is C14H15NO2. The lowest BCUT2D eigenvalue weighted by atomic mass is 10.0. The molecule has 0 aliphatic rings. The number of aliphatic carboxylic acids is 1. The Kier molecular flexibility index (Phi) is 3.09. The van der Waals surface area contributed by atoms with Crippen LogP contribution in [0.5, 0.6) is 0 Å². The minimum absolute atomic E-state index is 0.147. The van der Waals surface area contributed by atoms with Gasteiger partial charge in [-0.3, -0.25) is 9.78 Å². The Morgan fingerprint density at radius 2 is 2.06 bits per heavy atom. The van der Waals surface area contributed by atoms with Gasteiger partial charge >= 0.3 is 5.97 Å². The van der Waals surface area contributed by atoms with E-state index in [4.69, 9.17) is 5.11 Å². The summed E-state index contributed by atoms with van der Waals surface area (Å²) in [7, 11) is 0. The third kappa shape index (κ3) is 2.61. The fraction of sp³-hybridized carbons (Fsp3) is 0.286. The second kappa shape index (κ2) is 4.53. The molecule has 1 N–H and O–H groups in total. The molecule has 2 aromatic rings. The van der Waals surface area contributed by atoms with Crippen molar-refractivity contribution in [2.45, 2.75) is 26.7 Å². The molecule has 0 saturated heterocycles. The second-order valence-corrected chi connectivity index (χ2v) is 4.34. The van der Waals surface area contributed by atoms with Gasteiger partial charge in [0.2, 0.25) is 0 Å². The second-order valence-electron chi connectivity index (χ2n) is 4.34. The number of carboxylic acids is 1. The van der Waals surface area contributed by atoms with Crippen molar-refractivity contribution >= 4 is 16.9 Å². The lowest BCUT2D eigenvalue weighted by molar-refractivity contribution is -0.136. The van der Waals surface area contributed by atoms with Crippen LogP contribution in [0.1, 0.15) is 23.2 Å². The Hall–Kier alpha value is -1.90. The topological polar surface area (TPSA) is 50.2 Å². The average Bonchev–Trinajstić information content (AvgIpc) is 2.26. The number of fused-ring (bicyclic) bond motifs is 1. The number of carboxylic acid groups (broad SMARTS) is 1. The van der Waals surface area contributed by atoms with Crippen LogP contribution in [0.4, 0.5) is 0 Å². The number of rotatable bonds is 3. The van der Waals surface area contributed by atoms with Crippen LogP contribution in [0, 0.1) is 13.8 Å². The molecule has 0 spiro atoms. The third-order valence-electron chi connectivity index (χ3n) is 2.76. The van der Waals surface area contributed by atoms with E-state index in [-0.39, 0.29) is 6.42 Å². The van der Waals surface area contributed by atoms with Gasteiger partial charge in [-0.05, 0) is 38.0 Å². The predicted octanol–water partition coefficient (Wildman–Crippen LogP) is 2.87. The van der Waals surface area contributed by atoms with Crippen molar-refractivity contribution in [1.29, 1.82) is 0 Å². The smallest absolute Gasteiger partial charge is 0.303 e. The summed E-state index contributed by atoms with van der Waals surface area (Å²) in [6, 6.07) is 8.11. The number of hydrogen-bond acceptors (Lipinski definition) is 2. The molecule has 17 heavy (non-hydrogen) atoms. The Balaban J connectivity index is 2.51. The van der Waals surface area contributed by atoms with Crippen LogP contribution < -0.4 is 0 Å². The van der Waals surface area contributed by atoms with Crippen LogP contribution in [0.3, 0.4) is 0 Å². The molecule has 1 aromatic carbocycles. The maximum atomic E-state index is 10.6. The van der Waals surface area contributed by atoms with E-state index in [9.17, 15) is 4.79 Å². The maximum absolute atomic E-state index is 10.6. The van der Waals surface area contributed by atoms with Crippen molar-refractivity contribution in [2.75, 3.05) is 0 Å². The van der Waals surface area contributed by atoms with Gasteiger partial charge in [0.25, 0.3) is 0 Å². The molecule has 0 atom stereocenters. The lowest BCUT2D eigenvalue weighted by Crippen LogP contribution is -1.99. The zero-order chi connectivity index (χ0) is 12.4. The minimum atomic E-state index is -0.771. The normalized spacial score (nSPS) is 10.7. The molecule has 0 bridgehead atoms. The maximum Gasteiger partial charge on any atom is 0.303 e. The molecule has 0 aliphatic heterocycles. The Morgan fingerprint density at radius 3 is 2.76 bits per heavy atom. The summed E-state index contributed by atoms with van der Waals surface area (Å²) >= 11 is 0. The molecular weight excluding hydrogens is 214 g/mol. The number of aryl methyl sites for hydroxylation is 3. The predicted molar refractivity (Wildman–Crippen MR) is 67.2 cm³/mol. The van der Waals surface area contributed by atoms with Gasteiger partial charge in [-0.25, -0.2) is 0 Å². The molecule has 2 rings (SSSR count). The van der Waals surface area contributed by atoms with E-state index < -0.39 is 5.97 Å². The summed E-state index contributed by atoms with van der Waals surface area (Å²) < 4.78 is 0. The van der Waals surface area contributed by atoms with E-state index >= 15 is 0 Å². The van der Waals surface area contributed by atoms with E-state index in [0.29, 0.717) is 6.42 Å². The van der Waals surface area contributed by atoms with Crippen molar-refractivity contribution in [2.24, 2.45) is 0 Å². The fourth-order valence-corrected chi connectivity index (χ4v) is 2.00. The highest BCUT2D eigenvalue weighted by molar-refractivity contribution is 5.83. The number of benzene rings is 1. The van der Waals surface area contributed by atoms with Crippen molar-refractivity contribution in [3.05, 3.63) is 41.1 Å².